The Labute approximate surface area is 189 Å². The number of furan rings is 1. The van der Waals surface area contributed by atoms with Crippen molar-refractivity contribution in [2.45, 2.75) is 0 Å². The molecular formula is C24H20N2O5S. The number of nitrogens with zero attached hydrogens (tertiary/aromatic N) is 2. The molecule has 0 saturated carbocycles. The molecule has 1 aliphatic heterocycles. The summed E-state index contributed by atoms with van der Waals surface area (Å²) in [6, 6.07) is 19.4. The molecule has 0 aliphatic carbocycles. The second-order valence-electron chi connectivity index (χ2n) is 6.88. The van der Waals surface area contributed by atoms with Crippen LogP contribution < -0.4 is 0 Å². The number of carboxylic acid groups (broad SMARTS) is 1. The summed E-state index contributed by atoms with van der Waals surface area (Å²) in [4.78, 5) is 30.9. The standard InChI is InChI=1S/C24H20N2O5S/c1-30-13-12-26-22(27)21(32-24(26)25-18-8-3-2-4-9-18)15-19-10-11-20(31-19)16-6-5-7-17(14-16)23(28)29/h2-11,14-15H,12-13H2,1H3,(H,28,29)/b21-15+,25-24?. The van der Waals surface area contributed by atoms with Crippen LogP contribution in [0.5, 0.6) is 0 Å². The van der Waals surface area contributed by atoms with Crippen LogP contribution in [0.25, 0.3) is 17.4 Å². The maximum Gasteiger partial charge on any atom is 0.335 e. The van der Waals surface area contributed by atoms with Crippen molar-refractivity contribution >= 4 is 40.6 Å². The largest absolute Gasteiger partial charge is 0.478 e. The Kier molecular flexibility index (Phi) is 6.53. The van der Waals surface area contributed by atoms with Crippen LogP contribution in [0.2, 0.25) is 0 Å². The lowest BCUT2D eigenvalue weighted by Crippen LogP contribution is -2.32. The topological polar surface area (TPSA) is 92.3 Å². The van der Waals surface area contributed by atoms with E-state index in [9.17, 15) is 14.7 Å². The van der Waals surface area contributed by atoms with Gasteiger partial charge in [0.05, 0.1) is 29.3 Å². The van der Waals surface area contributed by atoms with Crippen LogP contribution in [-0.2, 0) is 9.53 Å². The Hall–Kier alpha value is -3.62. The van der Waals surface area contributed by atoms with Crippen LogP contribution in [0.15, 0.2) is 81.0 Å². The van der Waals surface area contributed by atoms with E-state index in [-0.39, 0.29) is 11.5 Å². The molecule has 4 rings (SSSR count). The van der Waals surface area contributed by atoms with Gasteiger partial charge < -0.3 is 14.3 Å². The number of carboxylic acids is 1. The number of carbonyl (C=O) groups is 2. The Morgan fingerprint density at radius 3 is 2.72 bits per heavy atom. The van der Waals surface area contributed by atoms with Gasteiger partial charge in [0.15, 0.2) is 5.17 Å². The van der Waals surface area contributed by atoms with Gasteiger partial charge in [0.25, 0.3) is 5.91 Å². The fraction of sp³-hybridized carbons (Fsp3) is 0.125. The summed E-state index contributed by atoms with van der Waals surface area (Å²) in [7, 11) is 1.59. The maximum atomic E-state index is 13.0. The lowest BCUT2D eigenvalue weighted by Gasteiger charge is -2.14. The third kappa shape index (κ3) is 4.82. The summed E-state index contributed by atoms with van der Waals surface area (Å²) in [5, 5.41) is 9.77. The fourth-order valence-electron chi connectivity index (χ4n) is 3.10. The van der Waals surface area contributed by atoms with E-state index in [4.69, 9.17) is 9.15 Å². The second-order valence-corrected chi connectivity index (χ2v) is 7.89. The van der Waals surface area contributed by atoms with Crippen LogP contribution in [0.4, 0.5) is 5.69 Å². The van der Waals surface area contributed by atoms with Crippen LogP contribution in [0.3, 0.4) is 0 Å². The van der Waals surface area contributed by atoms with Gasteiger partial charge in [0.1, 0.15) is 11.5 Å². The number of para-hydroxylation sites is 1. The summed E-state index contributed by atoms with van der Waals surface area (Å²) in [6.07, 6.45) is 1.67. The van der Waals surface area contributed by atoms with E-state index in [0.717, 1.165) is 5.69 Å². The normalized spacial score (nSPS) is 16.3. The van der Waals surface area contributed by atoms with Crippen LogP contribution >= 0.6 is 11.8 Å². The van der Waals surface area contributed by atoms with Crippen molar-refractivity contribution in [1.82, 2.24) is 4.90 Å². The van der Waals surface area contributed by atoms with Crippen molar-refractivity contribution < 1.29 is 23.8 Å². The number of amides is 1. The highest BCUT2D eigenvalue weighted by molar-refractivity contribution is 8.18. The molecule has 3 aromatic rings. The molecule has 1 aliphatic rings. The second kappa shape index (κ2) is 9.67. The van der Waals surface area contributed by atoms with Crippen molar-refractivity contribution in [3.8, 4) is 11.3 Å². The average molecular weight is 449 g/mol. The van der Waals surface area contributed by atoms with Crippen molar-refractivity contribution in [2.75, 3.05) is 20.3 Å². The summed E-state index contributed by atoms with van der Waals surface area (Å²) < 4.78 is 11.0. The summed E-state index contributed by atoms with van der Waals surface area (Å²) in [5.74, 6) is -0.170. The van der Waals surface area contributed by atoms with Gasteiger partial charge in [-0.3, -0.25) is 9.69 Å². The number of ether oxygens (including phenoxy) is 1. The smallest absolute Gasteiger partial charge is 0.335 e. The molecule has 0 unspecified atom stereocenters. The van der Waals surface area contributed by atoms with E-state index < -0.39 is 5.97 Å². The average Bonchev–Trinajstić information content (AvgIpc) is 3.38. The number of hydrogen-bond donors (Lipinski definition) is 1. The third-order valence-electron chi connectivity index (χ3n) is 4.68. The van der Waals surface area contributed by atoms with Gasteiger partial charge in [-0.2, -0.15) is 0 Å². The van der Waals surface area contributed by atoms with Crippen molar-refractivity contribution in [3.63, 3.8) is 0 Å². The molecule has 162 valence electrons. The Bertz CT molecular complexity index is 1200. The maximum absolute atomic E-state index is 13.0. The number of thioether (sulfide) groups is 1. The molecule has 32 heavy (non-hydrogen) atoms. The summed E-state index contributed by atoms with van der Waals surface area (Å²) in [6.45, 7) is 0.773. The molecule has 1 N–H and O–H groups in total. The van der Waals surface area contributed by atoms with E-state index >= 15 is 0 Å². The fourth-order valence-corrected chi connectivity index (χ4v) is 4.11. The molecular weight excluding hydrogens is 428 g/mol. The molecule has 0 spiro atoms. The van der Waals surface area contributed by atoms with Crippen LogP contribution in [-0.4, -0.2) is 47.3 Å². The minimum Gasteiger partial charge on any atom is -0.478 e. The van der Waals surface area contributed by atoms with Gasteiger partial charge >= 0.3 is 5.97 Å². The first-order valence-corrected chi connectivity index (χ1v) is 10.6. The first-order chi connectivity index (χ1) is 15.5. The molecule has 0 atom stereocenters. The Morgan fingerprint density at radius 1 is 1.16 bits per heavy atom. The predicted molar refractivity (Wildman–Crippen MR) is 124 cm³/mol. The van der Waals surface area contributed by atoms with Crippen molar-refractivity contribution in [3.05, 3.63) is 83.0 Å². The lowest BCUT2D eigenvalue weighted by molar-refractivity contribution is -0.122. The van der Waals surface area contributed by atoms with Crippen molar-refractivity contribution in [2.24, 2.45) is 4.99 Å². The van der Waals surface area contributed by atoms with Gasteiger partial charge in [0, 0.05) is 18.7 Å². The monoisotopic (exact) mass is 448 g/mol. The van der Waals surface area contributed by atoms with Gasteiger partial charge in [-0.05, 0) is 48.2 Å². The van der Waals surface area contributed by atoms with Gasteiger partial charge in [-0.1, -0.05) is 30.3 Å². The highest BCUT2D eigenvalue weighted by Gasteiger charge is 2.33. The highest BCUT2D eigenvalue weighted by atomic mass is 32.2. The van der Waals surface area contributed by atoms with Gasteiger partial charge in [-0.25, -0.2) is 9.79 Å². The molecule has 7 nitrogen and oxygen atoms in total. The number of aliphatic imine (C=N–C) groups is 1. The molecule has 2 heterocycles. The molecule has 1 saturated heterocycles. The number of amidine groups is 1. The molecule has 1 fully saturated rings. The van der Waals surface area contributed by atoms with E-state index in [1.54, 1.807) is 48.4 Å². The number of aromatic carboxylic acids is 1. The number of benzene rings is 2. The molecule has 1 aromatic heterocycles. The van der Waals surface area contributed by atoms with Crippen LogP contribution in [0, 0.1) is 0 Å². The number of rotatable bonds is 7. The highest BCUT2D eigenvalue weighted by Crippen LogP contribution is 2.35. The predicted octanol–water partition coefficient (Wildman–Crippen LogP) is 4.90. The number of hydrogen-bond acceptors (Lipinski definition) is 6. The van der Waals surface area contributed by atoms with Gasteiger partial charge in [0.2, 0.25) is 0 Å². The summed E-state index contributed by atoms with van der Waals surface area (Å²) in [5.41, 5.74) is 1.58. The molecule has 1 amide bonds. The zero-order chi connectivity index (χ0) is 22.5. The number of carbonyl (C=O) groups excluding carboxylic acids is 1. The Morgan fingerprint density at radius 2 is 1.97 bits per heavy atom. The SMILES string of the molecule is COCCN1C(=O)/C(=C\c2ccc(-c3cccc(C(=O)O)c3)o2)SC1=Nc1ccccc1. The minimum absolute atomic E-state index is 0.174. The molecule has 2 aromatic carbocycles. The van der Waals surface area contributed by atoms with E-state index in [2.05, 4.69) is 4.99 Å². The molecule has 8 heteroatoms. The summed E-state index contributed by atoms with van der Waals surface area (Å²) >= 11 is 1.27. The van der Waals surface area contributed by atoms with E-state index in [0.29, 0.717) is 40.3 Å². The quantitative estimate of drug-likeness (QED) is 0.517. The molecule has 0 bridgehead atoms. The first-order valence-electron chi connectivity index (χ1n) is 9.83. The third-order valence-corrected chi connectivity index (χ3v) is 5.69. The first kappa shape index (κ1) is 21.6. The minimum atomic E-state index is -1.00. The molecule has 0 radical (unpaired) electrons. The number of methoxy groups -OCH3 is 1. The van der Waals surface area contributed by atoms with E-state index in [1.165, 1.54) is 17.8 Å². The zero-order valence-electron chi connectivity index (χ0n) is 17.2. The van der Waals surface area contributed by atoms with Gasteiger partial charge in [-0.15, -0.1) is 0 Å². The van der Waals surface area contributed by atoms with Crippen LogP contribution in [0.1, 0.15) is 16.1 Å². The zero-order valence-corrected chi connectivity index (χ0v) is 18.0. The van der Waals surface area contributed by atoms with Crippen molar-refractivity contribution in [1.29, 1.82) is 0 Å². The van der Waals surface area contributed by atoms with E-state index in [1.807, 2.05) is 30.3 Å². The Balaban J connectivity index is 1.61. The lowest BCUT2D eigenvalue weighted by atomic mass is 10.1.